The molecule has 1 spiro atoms. The van der Waals surface area contributed by atoms with Crippen molar-refractivity contribution >= 4 is 11.6 Å². The number of nitrogens with zero attached hydrogens (tertiary/aromatic N) is 3. The Labute approximate surface area is 194 Å². The number of carbonyl (C=O) groups excluding carboxylic acids is 1. The molecule has 3 aliphatic rings. The number of hydrogen-bond acceptors (Lipinski definition) is 6. The van der Waals surface area contributed by atoms with Gasteiger partial charge in [-0.15, -0.1) is 0 Å². The zero-order valence-corrected chi connectivity index (χ0v) is 19.3. The van der Waals surface area contributed by atoms with Crippen LogP contribution in [0.5, 0.6) is 5.75 Å². The van der Waals surface area contributed by atoms with Crippen LogP contribution >= 0.6 is 0 Å². The smallest absolute Gasteiger partial charge is 0.257 e. The van der Waals surface area contributed by atoms with Crippen LogP contribution in [0.2, 0.25) is 0 Å². The maximum absolute atomic E-state index is 13.5. The predicted octanol–water partition coefficient (Wildman–Crippen LogP) is 3.52. The fraction of sp³-hybridized carbons (Fsp3) is 0.462. The van der Waals surface area contributed by atoms with Gasteiger partial charge in [0.05, 0.1) is 38.6 Å². The lowest BCUT2D eigenvalue weighted by Gasteiger charge is -2.37. The van der Waals surface area contributed by atoms with Crippen LogP contribution in [0.3, 0.4) is 0 Å². The number of likely N-dealkylation sites (tertiary alicyclic amines) is 1. The van der Waals surface area contributed by atoms with Gasteiger partial charge in [-0.3, -0.25) is 9.69 Å². The van der Waals surface area contributed by atoms with Crippen molar-refractivity contribution in [3.63, 3.8) is 0 Å². The summed E-state index contributed by atoms with van der Waals surface area (Å²) in [6, 6.07) is 16.1. The molecule has 0 aliphatic carbocycles. The van der Waals surface area contributed by atoms with Crippen LogP contribution in [0.1, 0.15) is 42.0 Å². The summed E-state index contributed by atoms with van der Waals surface area (Å²) in [5, 5.41) is 6.51. The molecule has 1 atom stereocenters. The molecule has 3 heterocycles. The number of benzene rings is 2. The van der Waals surface area contributed by atoms with E-state index in [0.717, 1.165) is 48.5 Å². The Hall–Kier alpha value is -2.74. The lowest BCUT2D eigenvalue weighted by molar-refractivity contribution is -0.186. The highest BCUT2D eigenvalue weighted by Crippen LogP contribution is 2.35. The number of ether oxygens (including phenoxy) is 3. The average molecular weight is 450 g/mol. The molecule has 5 rings (SSSR count). The highest BCUT2D eigenvalue weighted by Gasteiger charge is 2.41. The minimum absolute atomic E-state index is 0.00896. The largest absolute Gasteiger partial charge is 0.497 e. The van der Waals surface area contributed by atoms with Crippen molar-refractivity contribution in [3.8, 4) is 5.75 Å². The highest BCUT2D eigenvalue weighted by atomic mass is 16.7. The van der Waals surface area contributed by atoms with Crippen LogP contribution in [0.25, 0.3) is 0 Å². The van der Waals surface area contributed by atoms with Crippen LogP contribution in [0, 0.1) is 6.92 Å². The van der Waals surface area contributed by atoms with E-state index in [4.69, 9.17) is 19.3 Å². The number of aryl methyl sites for hydroxylation is 1. The first-order valence-electron chi connectivity index (χ1n) is 11.7. The molecule has 0 N–H and O–H groups in total. The molecule has 0 bridgehead atoms. The number of hydrogen-bond donors (Lipinski definition) is 0. The molecule has 2 aromatic rings. The summed E-state index contributed by atoms with van der Waals surface area (Å²) in [4.78, 5) is 15.7. The van der Waals surface area contributed by atoms with Gasteiger partial charge in [-0.05, 0) is 30.2 Å². The summed E-state index contributed by atoms with van der Waals surface area (Å²) in [6.07, 6.45) is 2.25. The summed E-state index contributed by atoms with van der Waals surface area (Å²) < 4.78 is 17.1. The van der Waals surface area contributed by atoms with E-state index in [1.807, 2.05) is 30.3 Å². The molecule has 2 fully saturated rings. The number of amides is 1. The first-order valence-corrected chi connectivity index (χ1v) is 11.7. The molecule has 0 unspecified atom stereocenters. The molecule has 33 heavy (non-hydrogen) atoms. The van der Waals surface area contributed by atoms with E-state index in [1.54, 1.807) is 12.1 Å². The first-order chi connectivity index (χ1) is 16.0. The lowest BCUT2D eigenvalue weighted by Crippen LogP contribution is -2.48. The van der Waals surface area contributed by atoms with Gasteiger partial charge in [-0.25, -0.2) is 5.01 Å². The molecule has 0 aromatic heterocycles. The molecule has 2 saturated heterocycles. The number of rotatable bonds is 5. The predicted molar refractivity (Wildman–Crippen MR) is 125 cm³/mol. The van der Waals surface area contributed by atoms with Gasteiger partial charge in [0, 0.05) is 32.4 Å². The maximum Gasteiger partial charge on any atom is 0.257 e. The Kier molecular flexibility index (Phi) is 6.19. The third-order valence-electron chi connectivity index (χ3n) is 6.79. The van der Waals surface area contributed by atoms with E-state index < -0.39 is 5.79 Å². The standard InChI is InChI=1S/C26H31N3O4/c1-19-5-3-6-20(15-19)23-17-24(21-7-4-8-22(16-21)31-2)29(27-23)25(30)18-28-11-9-26(10-12-28)32-13-14-33-26/h3-8,15-16,24H,9-14,17-18H2,1-2H3/t24-/m1/s1. The normalized spacial score (nSPS) is 22.5. The molecule has 2 aromatic carbocycles. The molecule has 1 amide bonds. The fourth-order valence-electron chi connectivity index (χ4n) is 4.95. The molecular weight excluding hydrogens is 418 g/mol. The van der Waals surface area contributed by atoms with Crippen LogP contribution in [-0.4, -0.2) is 67.3 Å². The summed E-state index contributed by atoms with van der Waals surface area (Å²) in [6.45, 7) is 5.27. The number of methoxy groups -OCH3 is 1. The van der Waals surface area contributed by atoms with Gasteiger partial charge in [0.2, 0.25) is 0 Å². The monoisotopic (exact) mass is 449 g/mol. The molecular formula is C26H31N3O4. The zero-order valence-electron chi connectivity index (χ0n) is 19.3. The van der Waals surface area contributed by atoms with Crippen LogP contribution in [-0.2, 0) is 14.3 Å². The number of piperidine rings is 1. The van der Waals surface area contributed by atoms with E-state index in [-0.39, 0.29) is 11.9 Å². The second-order valence-corrected chi connectivity index (χ2v) is 9.03. The minimum Gasteiger partial charge on any atom is -0.497 e. The Morgan fingerprint density at radius 3 is 2.61 bits per heavy atom. The van der Waals surface area contributed by atoms with Crippen molar-refractivity contribution in [3.05, 3.63) is 65.2 Å². The number of carbonyl (C=O) groups is 1. The Morgan fingerprint density at radius 1 is 1.12 bits per heavy atom. The SMILES string of the molecule is COc1cccc([C@H]2CC(c3cccc(C)c3)=NN2C(=O)CN2CCC3(CC2)OCCO3)c1. The van der Waals surface area contributed by atoms with E-state index in [9.17, 15) is 4.79 Å². The van der Waals surface area contributed by atoms with E-state index in [2.05, 4.69) is 30.0 Å². The topological polar surface area (TPSA) is 63.6 Å². The Balaban J connectivity index is 1.35. The second-order valence-electron chi connectivity index (χ2n) is 9.03. The Morgan fingerprint density at radius 2 is 1.88 bits per heavy atom. The van der Waals surface area contributed by atoms with Crippen molar-refractivity contribution in [2.45, 2.75) is 38.0 Å². The molecule has 7 heteroatoms. The zero-order chi connectivity index (χ0) is 22.8. The third kappa shape index (κ3) is 4.67. The van der Waals surface area contributed by atoms with Crippen LogP contribution in [0.4, 0.5) is 0 Å². The molecule has 0 saturated carbocycles. The van der Waals surface area contributed by atoms with Gasteiger partial charge < -0.3 is 14.2 Å². The fourth-order valence-corrected chi connectivity index (χ4v) is 4.95. The van der Waals surface area contributed by atoms with Crippen molar-refractivity contribution in [1.29, 1.82) is 0 Å². The van der Waals surface area contributed by atoms with Crippen molar-refractivity contribution in [2.75, 3.05) is 40.0 Å². The first kappa shape index (κ1) is 22.1. The van der Waals surface area contributed by atoms with Crippen molar-refractivity contribution < 1.29 is 19.0 Å². The van der Waals surface area contributed by atoms with Crippen molar-refractivity contribution in [1.82, 2.24) is 9.91 Å². The minimum atomic E-state index is -0.438. The summed E-state index contributed by atoms with van der Waals surface area (Å²) in [5.41, 5.74) is 4.20. The van der Waals surface area contributed by atoms with Gasteiger partial charge in [0.15, 0.2) is 5.79 Å². The van der Waals surface area contributed by atoms with Gasteiger partial charge in [0.1, 0.15) is 5.75 Å². The van der Waals surface area contributed by atoms with Gasteiger partial charge in [-0.1, -0.05) is 42.0 Å². The summed E-state index contributed by atoms with van der Waals surface area (Å²) in [5.74, 6) is 0.351. The van der Waals surface area contributed by atoms with E-state index >= 15 is 0 Å². The third-order valence-corrected chi connectivity index (χ3v) is 6.79. The Bertz CT molecular complexity index is 1040. The van der Waals surface area contributed by atoms with E-state index in [0.29, 0.717) is 26.2 Å². The highest BCUT2D eigenvalue weighted by molar-refractivity contribution is 6.03. The van der Waals surface area contributed by atoms with Crippen molar-refractivity contribution in [2.24, 2.45) is 5.10 Å². The molecule has 3 aliphatic heterocycles. The lowest BCUT2D eigenvalue weighted by atomic mass is 9.97. The maximum atomic E-state index is 13.5. The van der Waals surface area contributed by atoms with Gasteiger partial charge in [-0.2, -0.15) is 5.10 Å². The summed E-state index contributed by atoms with van der Waals surface area (Å²) in [7, 11) is 1.66. The number of hydrazone groups is 1. The second kappa shape index (κ2) is 9.25. The van der Waals surface area contributed by atoms with Gasteiger partial charge in [0.25, 0.3) is 5.91 Å². The quantitative estimate of drug-likeness (QED) is 0.699. The summed E-state index contributed by atoms with van der Waals surface area (Å²) >= 11 is 0. The van der Waals surface area contributed by atoms with Crippen LogP contribution in [0.15, 0.2) is 53.6 Å². The van der Waals surface area contributed by atoms with E-state index in [1.165, 1.54) is 5.56 Å². The van der Waals surface area contributed by atoms with Gasteiger partial charge >= 0.3 is 0 Å². The molecule has 0 radical (unpaired) electrons. The molecule has 174 valence electrons. The average Bonchev–Trinajstić information content (AvgIpc) is 3.49. The van der Waals surface area contributed by atoms with Crippen LogP contribution < -0.4 is 4.74 Å². The molecule has 7 nitrogen and oxygen atoms in total.